The van der Waals surface area contributed by atoms with Crippen molar-refractivity contribution in [1.82, 2.24) is 9.97 Å². The van der Waals surface area contributed by atoms with Crippen molar-refractivity contribution in [2.45, 2.75) is 43.7 Å². The molecule has 0 spiro atoms. The number of hydrogen-bond acceptors (Lipinski definition) is 5. The average molecular weight is 270 g/mol. The SMILES string of the molecule is CC1CCC(Oc2cnc(S(C)(=O)=O)cn2)CC1. The summed E-state index contributed by atoms with van der Waals surface area (Å²) in [7, 11) is -3.29. The monoisotopic (exact) mass is 270 g/mol. The van der Waals surface area contributed by atoms with E-state index in [4.69, 9.17) is 4.74 Å². The van der Waals surface area contributed by atoms with Gasteiger partial charge in [0.05, 0.1) is 12.4 Å². The van der Waals surface area contributed by atoms with Crippen LogP contribution in [0.4, 0.5) is 0 Å². The van der Waals surface area contributed by atoms with Gasteiger partial charge in [0.1, 0.15) is 6.10 Å². The lowest BCUT2D eigenvalue weighted by Gasteiger charge is -2.26. The maximum absolute atomic E-state index is 11.2. The molecule has 0 N–H and O–H groups in total. The van der Waals surface area contributed by atoms with Crippen LogP contribution in [0.5, 0.6) is 5.88 Å². The first-order chi connectivity index (χ1) is 8.45. The molecule has 1 aromatic rings. The van der Waals surface area contributed by atoms with Crippen molar-refractivity contribution in [3.8, 4) is 5.88 Å². The van der Waals surface area contributed by atoms with Gasteiger partial charge in [-0.1, -0.05) is 6.92 Å². The molecule has 0 atom stereocenters. The zero-order valence-electron chi connectivity index (χ0n) is 10.7. The van der Waals surface area contributed by atoms with Crippen molar-refractivity contribution in [2.24, 2.45) is 5.92 Å². The van der Waals surface area contributed by atoms with Gasteiger partial charge < -0.3 is 4.74 Å². The van der Waals surface area contributed by atoms with E-state index in [-0.39, 0.29) is 11.1 Å². The molecule has 0 bridgehead atoms. The van der Waals surface area contributed by atoms with Crippen molar-refractivity contribution in [3.05, 3.63) is 12.4 Å². The van der Waals surface area contributed by atoms with Crippen LogP contribution in [0, 0.1) is 5.92 Å². The molecule has 6 heteroatoms. The molecule has 1 fully saturated rings. The molecule has 0 unspecified atom stereocenters. The molecular formula is C12H18N2O3S. The van der Waals surface area contributed by atoms with E-state index in [0.29, 0.717) is 5.88 Å². The first-order valence-electron chi connectivity index (χ1n) is 6.14. The van der Waals surface area contributed by atoms with Gasteiger partial charge in [-0.15, -0.1) is 0 Å². The Hall–Kier alpha value is -1.17. The lowest BCUT2D eigenvalue weighted by Crippen LogP contribution is -2.23. The van der Waals surface area contributed by atoms with Gasteiger partial charge in [-0.2, -0.15) is 0 Å². The van der Waals surface area contributed by atoms with Crippen LogP contribution in [0.3, 0.4) is 0 Å². The van der Waals surface area contributed by atoms with E-state index in [1.54, 1.807) is 0 Å². The second-order valence-corrected chi connectivity index (χ2v) is 6.93. The fourth-order valence-electron chi connectivity index (χ4n) is 2.07. The quantitative estimate of drug-likeness (QED) is 0.838. The molecule has 1 aliphatic carbocycles. The van der Waals surface area contributed by atoms with Crippen molar-refractivity contribution in [3.63, 3.8) is 0 Å². The predicted molar refractivity (Wildman–Crippen MR) is 67.2 cm³/mol. The van der Waals surface area contributed by atoms with E-state index in [1.807, 2.05) is 0 Å². The Labute approximate surface area is 108 Å². The van der Waals surface area contributed by atoms with Crippen LogP contribution in [0.1, 0.15) is 32.6 Å². The molecule has 0 aliphatic heterocycles. The van der Waals surface area contributed by atoms with E-state index in [2.05, 4.69) is 16.9 Å². The molecule has 0 saturated heterocycles. The van der Waals surface area contributed by atoms with E-state index < -0.39 is 9.84 Å². The lowest BCUT2D eigenvalue weighted by atomic mass is 9.89. The van der Waals surface area contributed by atoms with Crippen LogP contribution in [0.25, 0.3) is 0 Å². The molecule has 18 heavy (non-hydrogen) atoms. The normalized spacial score (nSPS) is 24.8. The van der Waals surface area contributed by atoms with Crippen LogP contribution in [0.2, 0.25) is 0 Å². The molecule has 0 radical (unpaired) electrons. The average Bonchev–Trinajstić information content (AvgIpc) is 2.32. The topological polar surface area (TPSA) is 69.2 Å². The number of nitrogens with zero attached hydrogens (tertiary/aromatic N) is 2. The van der Waals surface area contributed by atoms with E-state index in [0.717, 1.165) is 25.0 Å². The van der Waals surface area contributed by atoms with E-state index in [1.165, 1.54) is 25.2 Å². The highest BCUT2D eigenvalue weighted by Gasteiger charge is 2.20. The summed E-state index contributed by atoms with van der Waals surface area (Å²) < 4.78 is 28.2. The first-order valence-corrected chi connectivity index (χ1v) is 8.03. The number of ether oxygens (including phenoxy) is 1. The van der Waals surface area contributed by atoms with Crippen LogP contribution >= 0.6 is 0 Å². The summed E-state index contributed by atoms with van der Waals surface area (Å²) in [5.74, 6) is 1.17. The second-order valence-electron chi connectivity index (χ2n) is 4.96. The van der Waals surface area contributed by atoms with Gasteiger partial charge >= 0.3 is 0 Å². The first kappa shape index (κ1) is 13.3. The van der Waals surface area contributed by atoms with E-state index in [9.17, 15) is 8.42 Å². The molecule has 1 saturated carbocycles. The van der Waals surface area contributed by atoms with Crippen molar-refractivity contribution < 1.29 is 13.2 Å². The third kappa shape index (κ3) is 3.41. The van der Waals surface area contributed by atoms with Gasteiger partial charge in [0.2, 0.25) is 5.88 Å². The lowest BCUT2D eigenvalue weighted by molar-refractivity contribution is 0.129. The Kier molecular flexibility index (Phi) is 3.85. The Balaban J connectivity index is 1.98. The Morgan fingerprint density at radius 3 is 2.33 bits per heavy atom. The van der Waals surface area contributed by atoms with Crippen LogP contribution in [-0.4, -0.2) is 30.7 Å². The molecule has 1 heterocycles. The zero-order valence-corrected chi connectivity index (χ0v) is 11.5. The largest absolute Gasteiger partial charge is 0.473 e. The molecule has 0 aromatic carbocycles. The Morgan fingerprint density at radius 2 is 1.83 bits per heavy atom. The standard InChI is InChI=1S/C12H18N2O3S/c1-9-3-5-10(6-4-9)17-11-7-14-12(8-13-11)18(2,15)16/h7-10H,3-6H2,1-2H3. The molecule has 0 amide bonds. The zero-order chi connectivity index (χ0) is 13.2. The van der Waals surface area contributed by atoms with Gasteiger partial charge in [-0.05, 0) is 31.6 Å². The van der Waals surface area contributed by atoms with Crippen LogP contribution in [0.15, 0.2) is 17.4 Å². The summed E-state index contributed by atoms with van der Waals surface area (Å²) in [6.07, 6.45) is 8.30. The fourth-order valence-corrected chi connectivity index (χ4v) is 2.56. The smallest absolute Gasteiger partial charge is 0.232 e. The molecule has 1 aromatic heterocycles. The number of hydrogen-bond donors (Lipinski definition) is 0. The third-order valence-electron chi connectivity index (χ3n) is 3.23. The minimum Gasteiger partial charge on any atom is -0.473 e. The van der Waals surface area contributed by atoms with Gasteiger partial charge in [-0.3, -0.25) is 0 Å². The molecular weight excluding hydrogens is 252 g/mol. The fraction of sp³-hybridized carbons (Fsp3) is 0.667. The highest BCUT2D eigenvalue weighted by molar-refractivity contribution is 7.90. The molecule has 1 aliphatic rings. The summed E-state index contributed by atoms with van der Waals surface area (Å²) in [5.41, 5.74) is 0. The predicted octanol–water partition coefficient (Wildman–Crippen LogP) is 1.84. The minimum atomic E-state index is -3.29. The summed E-state index contributed by atoms with van der Waals surface area (Å²) in [5, 5.41) is -0.0212. The third-order valence-corrected chi connectivity index (χ3v) is 4.21. The summed E-state index contributed by atoms with van der Waals surface area (Å²) in [6.45, 7) is 2.25. The van der Waals surface area contributed by atoms with Crippen LogP contribution < -0.4 is 4.74 Å². The van der Waals surface area contributed by atoms with Gasteiger partial charge in [0.25, 0.3) is 0 Å². The molecule has 5 nitrogen and oxygen atoms in total. The Morgan fingerprint density at radius 1 is 1.17 bits per heavy atom. The van der Waals surface area contributed by atoms with Crippen molar-refractivity contribution in [1.29, 1.82) is 0 Å². The van der Waals surface area contributed by atoms with Crippen LogP contribution in [-0.2, 0) is 9.84 Å². The van der Waals surface area contributed by atoms with E-state index >= 15 is 0 Å². The van der Waals surface area contributed by atoms with Crippen molar-refractivity contribution in [2.75, 3.05) is 6.26 Å². The maximum Gasteiger partial charge on any atom is 0.232 e. The van der Waals surface area contributed by atoms with Crippen molar-refractivity contribution >= 4 is 9.84 Å². The maximum atomic E-state index is 11.2. The minimum absolute atomic E-state index is 0.0212. The number of sulfone groups is 1. The summed E-state index contributed by atoms with van der Waals surface area (Å²) in [6, 6.07) is 0. The molecule has 100 valence electrons. The number of aromatic nitrogens is 2. The second kappa shape index (κ2) is 5.22. The summed E-state index contributed by atoms with van der Waals surface area (Å²) in [4.78, 5) is 7.85. The van der Waals surface area contributed by atoms with Gasteiger partial charge in [0, 0.05) is 6.26 Å². The molecule has 2 rings (SSSR count). The van der Waals surface area contributed by atoms with Gasteiger partial charge in [0.15, 0.2) is 14.9 Å². The number of rotatable bonds is 3. The highest BCUT2D eigenvalue weighted by atomic mass is 32.2. The summed E-state index contributed by atoms with van der Waals surface area (Å²) >= 11 is 0. The highest BCUT2D eigenvalue weighted by Crippen LogP contribution is 2.26. The van der Waals surface area contributed by atoms with Gasteiger partial charge in [-0.25, -0.2) is 18.4 Å². The Bertz CT molecular complexity index is 491.